The number of anilines is 2. The van der Waals surface area contributed by atoms with Gasteiger partial charge in [0.05, 0.1) is 33.2 Å². The number of hydrogen-bond donors (Lipinski definition) is 1. The number of nitro groups is 1. The van der Waals surface area contributed by atoms with Gasteiger partial charge >= 0.3 is 0 Å². The molecule has 10 heteroatoms. The molecule has 4 heterocycles. The molecule has 1 N–H and O–H groups in total. The average Bonchev–Trinajstić information content (AvgIpc) is 3.47. The van der Waals surface area contributed by atoms with Crippen LogP contribution < -0.4 is 10.2 Å². The van der Waals surface area contributed by atoms with Crippen LogP contribution in [-0.2, 0) is 19.9 Å². The van der Waals surface area contributed by atoms with Crippen LogP contribution in [0.2, 0.25) is 5.02 Å². The summed E-state index contributed by atoms with van der Waals surface area (Å²) in [5, 5.41) is 14.5. The van der Waals surface area contributed by atoms with E-state index in [-0.39, 0.29) is 23.3 Å². The molecule has 0 bridgehead atoms. The third-order valence-corrected chi connectivity index (χ3v) is 7.79. The highest BCUT2D eigenvalue weighted by Gasteiger charge is 2.74. The molecular weight excluding hydrogens is 448 g/mol. The fraction of sp³-hybridized carbons (Fsp3) is 0.348. The first-order chi connectivity index (χ1) is 15.8. The summed E-state index contributed by atoms with van der Waals surface area (Å²) in [6.07, 6.45) is 1.49. The van der Waals surface area contributed by atoms with Gasteiger partial charge in [0, 0.05) is 23.7 Å². The van der Waals surface area contributed by atoms with Gasteiger partial charge in [-0.2, -0.15) is 0 Å². The SMILES string of the molecule is Cc1cc(Cl)c2c(c1)[C@@]1(C(=O)N2)[C@@H]2C(=O)N(c3cccc([N+](=O)[O-])c3)C(=O)[C@@H]2[C@H]2CCCN21. The number of halogens is 1. The summed E-state index contributed by atoms with van der Waals surface area (Å²) in [4.78, 5) is 55.0. The van der Waals surface area contributed by atoms with E-state index in [1.54, 1.807) is 6.07 Å². The topological polar surface area (TPSA) is 113 Å². The Morgan fingerprint density at radius 3 is 2.73 bits per heavy atom. The van der Waals surface area contributed by atoms with E-state index in [1.165, 1.54) is 24.3 Å². The van der Waals surface area contributed by atoms with E-state index in [0.717, 1.165) is 16.9 Å². The van der Waals surface area contributed by atoms with Gasteiger partial charge in [-0.05, 0) is 44.0 Å². The molecule has 4 aliphatic rings. The lowest BCUT2D eigenvalue weighted by atomic mass is 9.75. The van der Waals surface area contributed by atoms with E-state index in [2.05, 4.69) is 5.32 Å². The third kappa shape index (κ3) is 2.38. The number of benzene rings is 2. The van der Waals surface area contributed by atoms with Gasteiger partial charge < -0.3 is 5.32 Å². The fourth-order valence-corrected chi connectivity index (χ4v) is 6.72. The Morgan fingerprint density at radius 1 is 1.18 bits per heavy atom. The highest BCUT2D eigenvalue weighted by molar-refractivity contribution is 6.35. The van der Waals surface area contributed by atoms with Crippen LogP contribution in [0.25, 0.3) is 0 Å². The summed E-state index contributed by atoms with van der Waals surface area (Å²) < 4.78 is 0. The third-order valence-electron chi connectivity index (χ3n) is 7.50. The van der Waals surface area contributed by atoms with Gasteiger partial charge in [0.1, 0.15) is 5.54 Å². The van der Waals surface area contributed by atoms with Crippen LogP contribution >= 0.6 is 11.6 Å². The highest BCUT2D eigenvalue weighted by Crippen LogP contribution is 2.61. The number of carbonyl (C=O) groups is 3. The second kappa shape index (κ2) is 6.61. The molecule has 0 radical (unpaired) electrons. The fourth-order valence-electron chi connectivity index (χ4n) is 6.40. The van der Waals surface area contributed by atoms with Crippen molar-refractivity contribution in [2.45, 2.75) is 31.3 Å². The zero-order chi connectivity index (χ0) is 23.2. The maximum atomic E-state index is 13.9. The van der Waals surface area contributed by atoms with Crippen molar-refractivity contribution in [3.8, 4) is 0 Å². The molecule has 168 valence electrons. The van der Waals surface area contributed by atoms with Crippen LogP contribution in [0.15, 0.2) is 36.4 Å². The number of nitro benzene ring substituents is 1. The molecule has 3 amide bonds. The van der Waals surface area contributed by atoms with Crippen LogP contribution in [0.5, 0.6) is 0 Å². The standard InChI is InChI=1S/C23H19ClN4O5/c1-11-8-14-19(15(24)9-11)25-22(31)23(14)18-17(16-6-3-7-26(16)23)20(29)27(21(18)30)12-4-2-5-13(10-12)28(32)33/h2,4-5,8-10,16-18H,3,6-7H2,1H3,(H,25,31)/t16-,17-,18+,23+/m1/s1. The van der Waals surface area contributed by atoms with Gasteiger partial charge in [-0.25, -0.2) is 4.90 Å². The molecule has 33 heavy (non-hydrogen) atoms. The van der Waals surface area contributed by atoms with E-state index >= 15 is 0 Å². The second-order valence-corrected chi connectivity index (χ2v) is 9.49. The molecule has 0 aliphatic carbocycles. The van der Waals surface area contributed by atoms with Gasteiger partial charge in [0.25, 0.3) is 11.6 Å². The van der Waals surface area contributed by atoms with Crippen LogP contribution in [0.1, 0.15) is 24.0 Å². The summed E-state index contributed by atoms with van der Waals surface area (Å²) in [6.45, 7) is 2.46. The second-order valence-electron chi connectivity index (χ2n) is 9.09. The molecular formula is C23H19ClN4O5. The number of rotatable bonds is 2. The molecule has 3 fully saturated rings. The maximum absolute atomic E-state index is 13.9. The Balaban J connectivity index is 1.55. The summed E-state index contributed by atoms with van der Waals surface area (Å²) in [5.74, 6) is -2.94. The Bertz CT molecular complexity index is 1300. The van der Waals surface area contributed by atoms with Crippen molar-refractivity contribution >= 4 is 46.4 Å². The van der Waals surface area contributed by atoms with Gasteiger partial charge in [-0.1, -0.05) is 23.7 Å². The molecule has 9 nitrogen and oxygen atoms in total. The Labute approximate surface area is 193 Å². The lowest BCUT2D eigenvalue weighted by molar-refractivity contribution is -0.384. The molecule has 1 spiro atoms. The quantitative estimate of drug-likeness (QED) is 0.413. The van der Waals surface area contributed by atoms with E-state index in [9.17, 15) is 24.5 Å². The van der Waals surface area contributed by atoms with Crippen LogP contribution in [-0.4, -0.2) is 40.1 Å². The Hall–Kier alpha value is -3.30. The zero-order valence-corrected chi connectivity index (χ0v) is 18.3. The number of carbonyl (C=O) groups excluding carboxylic acids is 3. The van der Waals surface area contributed by atoms with E-state index in [4.69, 9.17) is 11.6 Å². The lowest BCUT2D eigenvalue weighted by Gasteiger charge is -2.36. The van der Waals surface area contributed by atoms with Gasteiger partial charge in [0.2, 0.25) is 11.8 Å². The monoisotopic (exact) mass is 466 g/mol. The number of amides is 3. The number of fused-ring (bicyclic) bond motifs is 7. The lowest BCUT2D eigenvalue weighted by Crippen LogP contribution is -2.54. The van der Waals surface area contributed by atoms with Gasteiger partial charge in [-0.3, -0.25) is 29.4 Å². The molecule has 0 unspecified atom stereocenters. The normalized spacial score (nSPS) is 30.1. The van der Waals surface area contributed by atoms with Crippen molar-refractivity contribution < 1.29 is 19.3 Å². The predicted octanol–water partition coefficient (Wildman–Crippen LogP) is 2.99. The smallest absolute Gasteiger partial charge is 0.271 e. The minimum absolute atomic E-state index is 0.147. The number of hydrogen-bond acceptors (Lipinski definition) is 6. The van der Waals surface area contributed by atoms with Crippen molar-refractivity contribution in [3.05, 3.63) is 62.7 Å². The molecule has 3 saturated heterocycles. The number of aryl methyl sites for hydroxylation is 1. The molecule has 2 aromatic rings. The maximum Gasteiger partial charge on any atom is 0.271 e. The Kier molecular flexibility index (Phi) is 4.07. The van der Waals surface area contributed by atoms with Gasteiger partial charge in [0.15, 0.2) is 0 Å². The molecule has 2 aromatic carbocycles. The average molecular weight is 467 g/mol. The van der Waals surface area contributed by atoms with Crippen LogP contribution in [0.3, 0.4) is 0 Å². The molecule has 4 atom stereocenters. The summed E-state index contributed by atoms with van der Waals surface area (Å²) >= 11 is 6.47. The number of non-ortho nitro benzene ring substituents is 1. The molecule has 4 aliphatic heterocycles. The van der Waals surface area contributed by atoms with E-state index in [0.29, 0.717) is 29.2 Å². The summed E-state index contributed by atoms with van der Waals surface area (Å²) in [6, 6.07) is 8.83. The first-order valence-electron chi connectivity index (χ1n) is 10.8. The molecule has 0 aromatic heterocycles. The predicted molar refractivity (Wildman–Crippen MR) is 119 cm³/mol. The van der Waals surface area contributed by atoms with Crippen LogP contribution in [0, 0.1) is 28.9 Å². The number of imide groups is 1. The van der Waals surface area contributed by atoms with Crippen molar-refractivity contribution in [3.63, 3.8) is 0 Å². The van der Waals surface area contributed by atoms with Crippen LogP contribution in [0.4, 0.5) is 17.1 Å². The molecule has 6 rings (SSSR count). The summed E-state index contributed by atoms with van der Waals surface area (Å²) in [5.41, 5.74) is 0.551. The number of nitrogens with one attached hydrogen (secondary N) is 1. The van der Waals surface area contributed by atoms with E-state index < -0.39 is 34.1 Å². The van der Waals surface area contributed by atoms with Crippen molar-refractivity contribution in [1.29, 1.82) is 0 Å². The summed E-state index contributed by atoms with van der Waals surface area (Å²) in [7, 11) is 0. The van der Waals surface area contributed by atoms with Crippen molar-refractivity contribution in [2.24, 2.45) is 11.8 Å². The van der Waals surface area contributed by atoms with Gasteiger partial charge in [-0.15, -0.1) is 0 Å². The minimum atomic E-state index is -1.33. The van der Waals surface area contributed by atoms with Crippen molar-refractivity contribution in [1.82, 2.24) is 4.90 Å². The highest BCUT2D eigenvalue weighted by atomic mass is 35.5. The first kappa shape index (κ1) is 20.3. The largest absolute Gasteiger partial charge is 0.323 e. The first-order valence-corrected chi connectivity index (χ1v) is 11.2. The number of nitrogens with zero attached hydrogens (tertiary/aromatic N) is 3. The van der Waals surface area contributed by atoms with Crippen molar-refractivity contribution in [2.75, 3.05) is 16.8 Å². The zero-order valence-electron chi connectivity index (χ0n) is 17.6. The van der Waals surface area contributed by atoms with E-state index in [1.807, 2.05) is 17.9 Å². The molecule has 0 saturated carbocycles. The minimum Gasteiger partial charge on any atom is -0.323 e. The Morgan fingerprint density at radius 2 is 1.97 bits per heavy atom.